The van der Waals surface area contributed by atoms with Gasteiger partial charge in [-0.05, 0) is 43.5 Å². The minimum absolute atomic E-state index is 0.350. The summed E-state index contributed by atoms with van der Waals surface area (Å²) in [6.45, 7) is 5.92. The summed E-state index contributed by atoms with van der Waals surface area (Å²) < 4.78 is 2.50. The molecule has 0 aliphatic carbocycles. The minimum Gasteiger partial charge on any atom is -0.354 e. The molecular weight excluding hydrogens is 304 g/mol. The van der Waals surface area contributed by atoms with E-state index in [-0.39, 0.29) is 11.2 Å². The molecule has 0 atom stereocenters. The van der Waals surface area contributed by atoms with Crippen LogP contribution in [0.1, 0.15) is 16.7 Å². The third-order valence-electron chi connectivity index (χ3n) is 4.31. The molecule has 0 aliphatic heterocycles. The summed E-state index contributed by atoms with van der Waals surface area (Å²) in [5.41, 5.74) is 4.30. The fourth-order valence-electron chi connectivity index (χ4n) is 2.79. The van der Waals surface area contributed by atoms with E-state index in [1.165, 1.54) is 11.6 Å². The highest BCUT2D eigenvalue weighted by atomic mass is 16.2. The first-order valence-electron chi connectivity index (χ1n) is 7.71. The van der Waals surface area contributed by atoms with Crippen LogP contribution in [0, 0.1) is 20.8 Å². The van der Waals surface area contributed by atoms with Crippen molar-refractivity contribution in [2.24, 2.45) is 14.1 Å². The van der Waals surface area contributed by atoms with Crippen molar-refractivity contribution in [2.75, 3.05) is 5.32 Å². The van der Waals surface area contributed by atoms with Crippen molar-refractivity contribution in [3.63, 3.8) is 0 Å². The highest BCUT2D eigenvalue weighted by Crippen LogP contribution is 2.28. The molecule has 0 saturated carbocycles. The minimum atomic E-state index is -0.387. The number of aromatic nitrogens is 3. The summed E-state index contributed by atoms with van der Waals surface area (Å²) in [7, 11) is 3.10. The largest absolute Gasteiger partial charge is 0.354 e. The summed E-state index contributed by atoms with van der Waals surface area (Å²) >= 11 is 0. The average molecular weight is 324 g/mol. The first kappa shape index (κ1) is 16.0. The van der Waals surface area contributed by atoms with E-state index in [0.717, 1.165) is 26.9 Å². The van der Waals surface area contributed by atoms with Gasteiger partial charge in [0.05, 0.1) is 5.69 Å². The van der Waals surface area contributed by atoms with E-state index >= 15 is 0 Å². The van der Waals surface area contributed by atoms with Crippen LogP contribution < -0.4 is 16.6 Å². The second-order valence-electron chi connectivity index (χ2n) is 6.16. The van der Waals surface area contributed by atoms with Crippen LogP contribution in [0.5, 0.6) is 0 Å². The van der Waals surface area contributed by atoms with Crippen LogP contribution in [0.3, 0.4) is 0 Å². The van der Waals surface area contributed by atoms with Crippen LogP contribution in [-0.4, -0.2) is 14.1 Å². The van der Waals surface area contributed by atoms with Gasteiger partial charge < -0.3 is 5.32 Å². The molecule has 0 radical (unpaired) electrons. The van der Waals surface area contributed by atoms with Gasteiger partial charge in [0, 0.05) is 26.0 Å². The van der Waals surface area contributed by atoms with Gasteiger partial charge in [-0.1, -0.05) is 12.1 Å². The average Bonchev–Trinajstić information content (AvgIpc) is 2.55. The van der Waals surface area contributed by atoms with Gasteiger partial charge in [-0.15, -0.1) is 0 Å². The zero-order valence-corrected chi connectivity index (χ0v) is 14.5. The fraction of sp³-hybridized carbons (Fsp3) is 0.278. The maximum absolute atomic E-state index is 12.7. The number of hydrogen-bond acceptors (Lipinski definition) is 4. The molecule has 0 spiro atoms. The first-order chi connectivity index (χ1) is 11.3. The maximum Gasteiger partial charge on any atom is 0.332 e. The van der Waals surface area contributed by atoms with Crippen molar-refractivity contribution in [1.82, 2.24) is 14.1 Å². The number of rotatable bonds is 2. The van der Waals surface area contributed by atoms with Gasteiger partial charge in [-0.3, -0.25) is 13.9 Å². The number of benzene rings is 1. The molecular formula is C18H20N4O2. The van der Waals surface area contributed by atoms with Crippen molar-refractivity contribution in [3.8, 4) is 0 Å². The molecule has 0 saturated heterocycles. The fourth-order valence-corrected chi connectivity index (χ4v) is 2.79. The van der Waals surface area contributed by atoms with Crippen molar-refractivity contribution in [1.29, 1.82) is 0 Å². The predicted molar refractivity (Wildman–Crippen MR) is 96.2 cm³/mol. The van der Waals surface area contributed by atoms with Crippen LogP contribution in [0.15, 0.2) is 34.0 Å². The van der Waals surface area contributed by atoms with E-state index in [1.54, 1.807) is 13.2 Å². The van der Waals surface area contributed by atoms with Crippen LogP contribution >= 0.6 is 0 Å². The lowest BCUT2D eigenvalue weighted by atomic mass is 10.1. The van der Waals surface area contributed by atoms with Crippen molar-refractivity contribution >= 4 is 22.4 Å². The number of pyridine rings is 1. The zero-order valence-electron chi connectivity index (χ0n) is 14.5. The quantitative estimate of drug-likeness (QED) is 0.785. The third-order valence-corrected chi connectivity index (χ3v) is 4.31. The lowest BCUT2D eigenvalue weighted by molar-refractivity contribution is 0.707. The highest BCUT2D eigenvalue weighted by Gasteiger charge is 2.16. The normalized spacial score (nSPS) is 11.0. The monoisotopic (exact) mass is 324 g/mol. The Balaban J connectivity index is 2.36. The number of fused-ring (bicyclic) bond motifs is 1. The summed E-state index contributed by atoms with van der Waals surface area (Å²) in [6.07, 6.45) is 1.68. The zero-order chi connectivity index (χ0) is 17.6. The summed E-state index contributed by atoms with van der Waals surface area (Å²) in [4.78, 5) is 29.1. The Kier molecular flexibility index (Phi) is 3.75. The van der Waals surface area contributed by atoms with Gasteiger partial charge >= 0.3 is 5.69 Å². The molecule has 0 aliphatic rings. The Hall–Kier alpha value is -2.89. The van der Waals surface area contributed by atoms with Crippen molar-refractivity contribution in [2.45, 2.75) is 20.8 Å². The number of nitrogens with zero attached hydrogens (tertiary/aromatic N) is 3. The molecule has 6 nitrogen and oxygen atoms in total. The molecule has 0 bridgehead atoms. The molecule has 6 heteroatoms. The molecule has 0 unspecified atom stereocenters. The van der Waals surface area contributed by atoms with Crippen LogP contribution in [0.25, 0.3) is 11.0 Å². The Bertz CT molecular complexity index is 1080. The molecule has 3 aromatic rings. The van der Waals surface area contributed by atoms with Crippen molar-refractivity contribution < 1.29 is 0 Å². The van der Waals surface area contributed by atoms with Crippen LogP contribution in [0.4, 0.5) is 11.4 Å². The molecule has 3 rings (SSSR count). The maximum atomic E-state index is 12.7. The molecule has 2 aromatic heterocycles. The summed E-state index contributed by atoms with van der Waals surface area (Å²) in [5.74, 6) is 0. The van der Waals surface area contributed by atoms with Crippen LogP contribution in [-0.2, 0) is 14.1 Å². The number of nitrogens with one attached hydrogen (secondary N) is 1. The molecule has 0 fully saturated rings. The first-order valence-corrected chi connectivity index (χ1v) is 7.71. The van der Waals surface area contributed by atoms with Gasteiger partial charge in [0.2, 0.25) is 0 Å². The molecule has 2 heterocycles. The standard InChI is InChI=1S/C18H20N4O2/c1-10-6-7-11(2)13(8-10)20-15-12(3)9-19-16-14(15)17(23)22(5)18(24)21(16)4/h6-9H,1-5H3,(H,19,20). The lowest BCUT2D eigenvalue weighted by Crippen LogP contribution is -2.37. The molecule has 1 N–H and O–H groups in total. The topological polar surface area (TPSA) is 68.9 Å². The predicted octanol–water partition coefficient (Wildman–Crippen LogP) is 2.30. The Morgan fingerprint density at radius 1 is 1.00 bits per heavy atom. The highest BCUT2D eigenvalue weighted by molar-refractivity contribution is 5.92. The van der Waals surface area contributed by atoms with E-state index in [2.05, 4.69) is 10.3 Å². The van der Waals surface area contributed by atoms with Gasteiger partial charge in [0.1, 0.15) is 5.39 Å². The van der Waals surface area contributed by atoms with E-state index in [4.69, 9.17) is 0 Å². The number of hydrogen-bond donors (Lipinski definition) is 1. The molecule has 1 aromatic carbocycles. The SMILES string of the molecule is Cc1ccc(C)c(Nc2c(C)cnc3c2c(=O)n(C)c(=O)n3C)c1. The van der Waals surface area contributed by atoms with E-state index in [9.17, 15) is 9.59 Å². The van der Waals surface area contributed by atoms with Crippen molar-refractivity contribution in [3.05, 3.63) is 61.9 Å². The van der Waals surface area contributed by atoms with Gasteiger partial charge in [-0.25, -0.2) is 9.78 Å². The Morgan fingerprint density at radius 2 is 1.71 bits per heavy atom. The second-order valence-corrected chi connectivity index (χ2v) is 6.16. The van der Waals surface area contributed by atoms with E-state index in [0.29, 0.717) is 16.7 Å². The van der Waals surface area contributed by atoms with E-state index < -0.39 is 0 Å². The third kappa shape index (κ3) is 2.40. The van der Waals surface area contributed by atoms with Gasteiger partial charge in [0.15, 0.2) is 5.65 Å². The summed E-state index contributed by atoms with van der Waals surface area (Å²) in [5, 5.41) is 3.79. The lowest BCUT2D eigenvalue weighted by Gasteiger charge is -2.16. The van der Waals surface area contributed by atoms with E-state index in [1.807, 2.05) is 39.0 Å². The second kappa shape index (κ2) is 5.63. The number of anilines is 2. The number of aryl methyl sites for hydroxylation is 4. The van der Waals surface area contributed by atoms with Crippen LogP contribution in [0.2, 0.25) is 0 Å². The summed E-state index contributed by atoms with van der Waals surface area (Å²) in [6, 6.07) is 6.11. The molecule has 24 heavy (non-hydrogen) atoms. The molecule has 124 valence electrons. The molecule has 0 amide bonds. The Labute approximate surface area is 139 Å². The van der Waals surface area contributed by atoms with Gasteiger partial charge in [-0.2, -0.15) is 0 Å². The smallest absolute Gasteiger partial charge is 0.332 e. The Morgan fingerprint density at radius 3 is 2.42 bits per heavy atom. The van der Waals surface area contributed by atoms with Gasteiger partial charge in [0.25, 0.3) is 5.56 Å².